The molecule has 0 saturated carbocycles. The average Bonchev–Trinajstić information content (AvgIpc) is 2.66. The van der Waals surface area contributed by atoms with Crippen LogP contribution in [0.1, 0.15) is 12.5 Å². The molecule has 8 nitrogen and oxygen atoms in total. The van der Waals surface area contributed by atoms with E-state index in [9.17, 15) is 36.5 Å². The Labute approximate surface area is 166 Å². The van der Waals surface area contributed by atoms with Crippen molar-refractivity contribution in [3.63, 3.8) is 0 Å². The highest BCUT2D eigenvalue weighted by Crippen LogP contribution is 2.38. The zero-order valence-electron chi connectivity index (χ0n) is 15.1. The lowest BCUT2D eigenvalue weighted by molar-refractivity contribution is -0.385. The lowest BCUT2D eigenvalue weighted by Gasteiger charge is -2.11. The number of nitro benzene ring substituents is 1. The van der Waals surface area contributed by atoms with Gasteiger partial charge in [0.25, 0.3) is 9.84 Å². The molecule has 3 rings (SSSR count). The number of aryl methyl sites for hydroxylation is 1. The van der Waals surface area contributed by atoms with E-state index in [-0.39, 0.29) is 17.4 Å². The van der Waals surface area contributed by atoms with Crippen molar-refractivity contribution in [1.29, 1.82) is 0 Å². The largest absolute Gasteiger partial charge is 0.501 e. The fourth-order valence-corrected chi connectivity index (χ4v) is 3.50. The van der Waals surface area contributed by atoms with E-state index < -0.39 is 42.2 Å². The Kier molecular flexibility index (Phi) is 5.29. The molecule has 0 bridgehead atoms. The van der Waals surface area contributed by atoms with Crippen molar-refractivity contribution in [1.82, 2.24) is 0 Å². The normalized spacial score (nSPS) is 12.1. The Morgan fingerprint density at radius 1 is 1.13 bits per heavy atom. The molecule has 0 saturated heterocycles. The fraction of sp³-hybridized carbons (Fsp3) is 0.167. The van der Waals surface area contributed by atoms with E-state index in [2.05, 4.69) is 0 Å². The van der Waals surface area contributed by atoms with Crippen LogP contribution in [-0.2, 0) is 16.3 Å². The predicted octanol–water partition coefficient (Wildman–Crippen LogP) is 4.35. The molecule has 12 heteroatoms. The smallest absolute Gasteiger partial charge is 0.450 e. The summed E-state index contributed by atoms with van der Waals surface area (Å²) in [6, 6.07) is 7.18. The summed E-state index contributed by atoms with van der Waals surface area (Å²) in [4.78, 5) is 20.6. The van der Waals surface area contributed by atoms with E-state index in [1.54, 1.807) is 6.07 Å². The SMILES string of the molecule is CCc1cc(=O)oc2cc(Oc3ccc(S(=O)(=O)C(F)(F)F)cc3[N+](=O)[O-])ccc12. The molecule has 1 aromatic heterocycles. The summed E-state index contributed by atoms with van der Waals surface area (Å²) in [6.45, 7) is 1.83. The first-order valence-electron chi connectivity index (χ1n) is 8.28. The summed E-state index contributed by atoms with van der Waals surface area (Å²) in [5.74, 6) is -0.497. The third-order valence-electron chi connectivity index (χ3n) is 4.15. The zero-order chi connectivity index (χ0) is 22.3. The highest BCUT2D eigenvalue weighted by molar-refractivity contribution is 7.92. The summed E-state index contributed by atoms with van der Waals surface area (Å²) in [5, 5.41) is 11.9. The first-order chi connectivity index (χ1) is 13.9. The van der Waals surface area contributed by atoms with Gasteiger partial charge in [-0.05, 0) is 36.2 Å². The van der Waals surface area contributed by atoms with Crippen molar-refractivity contribution >= 4 is 26.5 Å². The maximum Gasteiger partial charge on any atom is 0.501 e. The highest BCUT2D eigenvalue weighted by Gasteiger charge is 2.47. The summed E-state index contributed by atoms with van der Waals surface area (Å²) in [6.07, 6.45) is 0.545. The number of nitrogens with zero attached hydrogens (tertiary/aromatic N) is 1. The Balaban J connectivity index is 2.07. The van der Waals surface area contributed by atoms with Crippen LogP contribution < -0.4 is 10.4 Å². The van der Waals surface area contributed by atoms with Gasteiger partial charge in [-0.3, -0.25) is 10.1 Å². The van der Waals surface area contributed by atoms with Gasteiger partial charge in [-0.2, -0.15) is 13.2 Å². The molecule has 0 atom stereocenters. The van der Waals surface area contributed by atoms with Gasteiger partial charge >= 0.3 is 16.8 Å². The number of hydrogen-bond donors (Lipinski definition) is 0. The second-order valence-electron chi connectivity index (χ2n) is 6.04. The van der Waals surface area contributed by atoms with Gasteiger partial charge in [0.1, 0.15) is 11.3 Å². The number of sulfone groups is 1. The number of alkyl halides is 3. The van der Waals surface area contributed by atoms with Gasteiger partial charge in [-0.1, -0.05) is 6.92 Å². The molecule has 0 aliphatic carbocycles. The Bertz CT molecular complexity index is 1310. The standard InChI is InChI=1S/C18H12F3NO7S/c1-2-10-7-17(23)29-16-8-11(3-5-13(10)16)28-15-6-4-12(9-14(15)22(24)25)30(26,27)18(19,20)21/h3-9H,2H2,1H3. The molecule has 0 radical (unpaired) electrons. The van der Waals surface area contributed by atoms with Gasteiger partial charge in [0, 0.05) is 23.6 Å². The molecule has 0 amide bonds. The zero-order valence-corrected chi connectivity index (χ0v) is 15.9. The number of halogens is 3. The van der Waals surface area contributed by atoms with Crippen molar-refractivity contribution in [2.75, 3.05) is 0 Å². The van der Waals surface area contributed by atoms with Crippen LogP contribution in [0, 0.1) is 10.1 Å². The van der Waals surface area contributed by atoms with Crippen LogP contribution in [0.2, 0.25) is 0 Å². The lowest BCUT2D eigenvalue weighted by atomic mass is 10.1. The van der Waals surface area contributed by atoms with Crippen molar-refractivity contribution in [3.8, 4) is 11.5 Å². The number of hydrogen-bond acceptors (Lipinski definition) is 7. The lowest BCUT2D eigenvalue weighted by Crippen LogP contribution is -2.23. The number of fused-ring (bicyclic) bond motifs is 1. The molecule has 30 heavy (non-hydrogen) atoms. The predicted molar refractivity (Wildman–Crippen MR) is 98.3 cm³/mol. The van der Waals surface area contributed by atoms with Gasteiger partial charge < -0.3 is 9.15 Å². The van der Waals surface area contributed by atoms with Crippen LogP contribution in [0.5, 0.6) is 11.5 Å². The summed E-state index contributed by atoms with van der Waals surface area (Å²) >= 11 is 0. The Morgan fingerprint density at radius 3 is 2.43 bits per heavy atom. The van der Waals surface area contributed by atoms with E-state index in [1.165, 1.54) is 18.2 Å². The van der Waals surface area contributed by atoms with Gasteiger partial charge in [0.05, 0.1) is 9.82 Å². The number of rotatable bonds is 5. The van der Waals surface area contributed by atoms with Crippen LogP contribution in [-0.4, -0.2) is 18.8 Å². The minimum absolute atomic E-state index is 0.00608. The third-order valence-corrected chi connectivity index (χ3v) is 5.64. The van der Waals surface area contributed by atoms with Gasteiger partial charge in [-0.25, -0.2) is 13.2 Å². The van der Waals surface area contributed by atoms with E-state index >= 15 is 0 Å². The van der Waals surface area contributed by atoms with E-state index in [1.807, 2.05) is 6.92 Å². The van der Waals surface area contributed by atoms with Crippen molar-refractivity contribution in [2.24, 2.45) is 0 Å². The second-order valence-corrected chi connectivity index (χ2v) is 7.98. The molecule has 3 aromatic rings. The Hall–Kier alpha value is -3.41. The van der Waals surface area contributed by atoms with Gasteiger partial charge in [0.15, 0.2) is 0 Å². The van der Waals surface area contributed by atoms with Crippen LogP contribution in [0.3, 0.4) is 0 Å². The summed E-state index contributed by atoms with van der Waals surface area (Å²) in [5.41, 5.74) is -6.35. The molecular weight excluding hydrogens is 431 g/mol. The number of benzene rings is 2. The van der Waals surface area contributed by atoms with Crippen molar-refractivity contribution in [2.45, 2.75) is 23.7 Å². The number of ether oxygens (including phenoxy) is 1. The van der Waals surface area contributed by atoms with Crippen LogP contribution in [0.25, 0.3) is 11.0 Å². The summed E-state index contributed by atoms with van der Waals surface area (Å²) < 4.78 is 71.6. The first kappa shape index (κ1) is 21.3. The molecule has 0 fully saturated rings. The molecule has 0 N–H and O–H groups in total. The maximum atomic E-state index is 12.7. The highest BCUT2D eigenvalue weighted by atomic mass is 32.2. The Morgan fingerprint density at radius 2 is 1.83 bits per heavy atom. The molecule has 0 unspecified atom stereocenters. The van der Waals surface area contributed by atoms with Gasteiger partial charge in [0.2, 0.25) is 5.75 Å². The fourth-order valence-electron chi connectivity index (χ4n) is 2.72. The minimum Gasteiger partial charge on any atom is -0.450 e. The molecule has 158 valence electrons. The second kappa shape index (κ2) is 7.44. The molecule has 0 aliphatic rings. The van der Waals surface area contributed by atoms with E-state index in [4.69, 9.17) is 9.15 Å². The molecule has 0 spiro atoms. The first-order valence-corrected chi connectivity index (χ1v) is 9.77. The summed E-state index contributed by atoms with van der Waals surface area (Å²) in [7, 11) is -5.77. The van der Waals surface area contributed by atoms with Crippen molar-refractivity contribution < 1.29 is 35.7 Å². The molecule has 0 aliphatic heterocycles. The molecular formula is C18H12F3NO7S. The molecule has 1 heterocycles. The number of nitro groups is 1. The minimum atomic E-state index is -5.77. The van der Waals surface area contributed by atoms with Crippen LogP contribution in [0.15, 0.2) is 56.6 Å². The average molecular weight is 443 g/mol. The maximum absolute atomic E-state index is 12.7. The topological polar surface area (TPSA) is 117 Å². The van der Waals surface area contributed by atoms with E-state index in [0.717, 1.165) is 6.07 Å². The van der Waals surface area contributed by atoms with Gasteiger partial charge in [-0.15, -0.1) is 0 Å². The third kappa shape index (κ3) is 3.85. The molecule has 2 aromatic carbocycles. The van der Waals surface area contributed by atoms with Crippen LogP contribution >= 0.6 is 0 Å². The van der Waals surface area contributed by atoms with Crippen LogP contribution in [0.4, 0.5) is 18.9 Å². The van der Waals surface area contributed by atoms with E-state index in [0.29, 0.717) is 23.4 Å². The quantitative estimate of drug-likeness (QED) is 0.327. The monoisotopic (exact) mass is 443 g/mol. The van der Waals surface area contributed by atoms with Crippen molar-refractivity contribution in [3.05, 3.63) is 68.6 Å².